The molecule has 1 rings (SSSR count). The van der Waals surface area contributed by atoms with Crippen molar-refractivity contribution < 1.29 is 14.7 Å². The number of aliphatic carboxylic acids is 1. The van der Waals surface area contributed by atoms with Crippen LogP contribution in [-0.2, 0) is 9.59 Å². The normalized spacial score (nSPS) is 17.5. The standard InChI is InChI=1S/C10H18N4O3/c1-10(13-14-10)6-8(15)12-5-3-2-4-7(11)9(16)17/h7H,2-6,11H2,1H3,(H,12,15)(H,16,17)/t7-/m0/s1. The topological polar surface area (TPSA) is 117 Å². The molecule has 0 aromatic heterocycles. The zero-order valence-electron chi connectivity index (χ0n) is 9.85. The molecule has 0 aliphatic carbocycles. The Kier molecular flexibility index (Phi) is 4.56. The van der Waals surface area contributed by atoms with E-state index in [2.05, 4.69) is 15.5 Å². The van der Waals surface area contributed by atoms with Gasteiger partial charge in [0.1, 0.15) is 6.04 Å². The minimum Gasteiger partial charge on any atom is -0.480 e. The van der Waals surface area contributed by atoms with Gasteiger partial charge < -0.3 is 16.2 Å². The number of carboxylic acids is 1. The van der Waals surface area contributed by atoms with Gasteiger partial charge in [-0.3, -0.25) is 9.59 Å². The Labute approximate surface area is 99.5 Å². The van der Waals surface area contributed by atoms with E-state index in [-0.39, 0.29) is 12.3 Å². The minimum atomic E-state index is -0.987. The molecule has 7 heteroatoms. The molecule has 1 heterocycles. The SMILES string of the molecule is CC1(CC(=O)NCCCC[C@H](N)C(=O)O)N=N1. The highest BCUT2D eigenvalue weighted by molar-refractivity contribution is 5.77. The largest absolute Gasteiger partial charge is 0.480 e. The molecule has 0 aromatic carbocycles. The fraction of sp³-hybridized carbons (Fsp3) is 0.800. The van der Waals surface area contributed by atoms with Crippen LogP contribution in [-0.4, -0.2) is 35.2 Å². The predicted octanol–water partition coefficient (Wildman–Crippen LogP) is 0.257. The van der Waals surface area contributed by atoms with Crippen LogP contribution >= 0.6 is 0 Å². The molecule has 4 N–H and O–H groups in total. The number of rotatable bonds is 8. The summed E-state index contributed by atoms with van der Waals surface area (Å²) in [5.74, 6) is -1.07. The molecule has 0 saturated carbocycles. The molecule has 1 aliphatic heterocycles. The van der Waals surface area contributed by atoms with E-state index in [0.29, 0.717) is 19.4 Å². The maximum absolute atomic E-state index is 11.4. The number of unbranched alkanes of at least 4 members (excludes halogenated alkanes) is 1. The van der Waals surface area contributed by atoms with Gasteiger partial charge in [-0.1, -0.05) is 0 Å². The summed E-state index contributed by atoms with van der Waals surface area (Å²) in [6.07, 6.45) is 2.10. The summed E-state index contributed by atoms with van der Waals surface area (Å²) in [4.78, 5) is 21.8. The van der Waals surface area contributed by atoms with E-state index in [4.69, 9.17) is 10.8 Å². The van der Waals surface area contributed by atoms with Crippen molar-refractivity contribution in [1.82, 2.24) is 5.32 Å². The third-order valence-electron chi connectivity index (χ3n) is 2.52. The second kappa shape index (κ2) is 5.72. The lowest BCUT2D eigenvalue weighted by Crippen LogP contribution is -2.31. The number of hydrogen-bond acceptors (Lipinski definition) is 5. The fourth-order valence-corrected chi connectivity index (χ4v) is 1.36. The van der Waals surface area contributed by atoms with Gasteiger partial charge in [-0.25, -0.2) is 0 Å². The van der Waals surface area contributed by atoms with Gasteiger partial charge in [0.05, 0.1) is 6.42 Å². The molecule has 1 amide bonds. The Morgan fingerprint density at radius 2 is 2.06 bits per heavy atom. The van der Waals surface area contributed by atoms with Crippen molar-refractivity contribution in [2.24, 2.45) is 16.0 Å². The molecule has 96 valence electrons. The maximum Gasteiger partial charge on any atom is 0.320 e. The maximum atomic E-state index is 11.4. The Balaban J connectivity index is 1.97. The quantitative estimate of drug-likeness (QED) is 0.529. The first-order valence-electron chi connectivity index (χ1n) is 5.62. The van der Waals surface area contributed by atoms with Gasteiger partial charge in [-0.05, 0) is 26.2 Å². The number of hydrogen-bond donors (Lipinski definition) is 3. The van der Waals surface area contributed by atoms with Crippen LogP contribution in [0, 0.1) is 0 Å². The van der Waals surface area contributed by atoms with Gasteiger partial charge in [0, 0.05) is 6.54 Å². The van der Waals surface area contributed by atoms with Gasteiger partial charge in [0.2, 0.25) is 5.91 Å². The highest BCUT2D eigenvalue weighted by atomic mass is 16.4. The highest BCUT2D eigenvalue weighted by Gasteiger charge is 2.36. The molecule has 0 aromatic rings. The van der Waals surface area contributed by atoms with Crippen LogP contribution in [0.5, 0.6) is 0 Å². The lowest BCUT2D eigenvalue weighted by Gasteiger charge is -2.08. The first kappa shape index (κ1) is 13.6. The van der Waals surface area contributed by atoms with E-state index in [1.165, 1.54) is 0 Å². The summed E-state index contributed by atoms with van der Waals surface area (Å²) >= 11 is 0. The summed E-state index contributed by atoms with van der Waals surface area (Å²) in [5, 5.41) is 18.8. The first-order valence-corrected chi connectivity index (χ1v) is 5.62. The lowest BCUT2D eigenvalue weighted by molar-refractivity contribution is -0.138. The van der Waals surface area contributed by atoms with Gasteiger partial charge in [-0.2, -0.15) is 10.2 Å². The highest BCUT2D eigenvalue weighted by Crippen LogP contribution is 2.30. The molecule has 0 fully saturated rings. The average molecular weight is 242 g/mol. The molecule has 7 nitrogen and oxygen atoms in total. The van der Waals surface area contributed by atoms with Crippen LogP contribution in [0.4, 0.5) is 0 Å². The number of carbonyl (C=O) groups excluding carboxylic acids is 1. The smallest absolute Gasteiger partial charge is 0.320 e. The molecular weight excluding hydrogens is 224 g/mol. The van der Waals surface area contributed by atoms with Gasteiger partial charge >= 0.3 is 5.97 Å². The van der Waals surface area contributed by atoms with Crippen LogP contribution in [0.15, 0.2) is 10.2 Å². The summed E-state index contributed by atoms with van der Waals surface area (Å²) in [5.41, 5.74) is 4.83. The Bertz CT molecular complexity index is 324. The molecular formula is C10H18N4O3. The van der Waals surface area contributed by atoms with Crippen LogP contribution in [0.25, 0.3) is 0 Å². The van der Waals surface area contributed by atoms with Crippen LogP contribution in [0.1, 0.15) is 32.6 Å². The number of carbonyl (C=O) groups is 2. The summed E-state index contributed by atoms with van der Waals surface area (Å²) in [6, 6.07) is -0.811. The van der Waals surface area contributed by atoms with E-state index in [9.17, 15) is 9.59 Å². The van der Waals surface area contributed by atoms with E-state index < -0.39 is 17.7 Å². The Morgan fingerprint density at radius 3 is 2.59 bits per heavy atom. The second-order valence-electron chi connectivity index (χ2n) is 4.38. The number of nitrogens with zero attached hydrogens (tertiary/aromatic N) is 2. The van der Waals surface area contributed by atoms with E-state index in [1.54, 1.807) is 6.92 Å². The van der Waals surface area contributed by atoms with Crippen molar-refractivity contribution in [1.29, 1.82) is 0 Å². The van der Waals surface area contributed by atoms with Crippen LogP contribution in [0.3, 0.4) is 0 Å². The third-order valence-corrected chi connectivity index (χ3v) is 2.52. The average Bonchev–Trinajstić information content (AvgIpc) is 2.94. The summed E-state index contributed by atoms with van der Waals surface area (Å²) in [6.45, 7) is 2.32. The Morgan fingerprint density at radius 1 is 1.41 bits per heavy atom. The molecule has 0 spiro atoms. The fourth-order valence-electron chi connectivity index (χ4n) is 1.36. The Hall–Kier alpha value is -1.50. The number of carboxylic acid groups (broad SMARTS) is 1. The molecule has 1 aliphatic rings. The van der Waals surface area contributed by atoms with Gasteiger partial charge in [0.15, 0.2) is 5.66 Å². The van der Waals surface area contributed by atoms with E-state index >= 15 is 0 Å². The zero-order chi connectivity index (χ0) is 12.9. The van der Waals surface area contributed by atoms with Crippen molar-refractivity contribution >= 4 is 11.9 Å². The van der Waals surface area contributed by atoms with Crippen molar-refractivity contribution in [2.45, 2.75) is 44.3 Å². The van der Waals surface area contributed by atoms with E-state index in [0.717, 1.165) is 6.42 Å². The minimum absolute atomic E-state index is 0.0833. The summed E-state index contributed by atoms with van der Waals surface area (Å²) < 4.78 is 0. The zero-order valence-corrected chi connectivity index (χ0v) is 9.85. The van der Waals surface area contributed by atoms with Crippen molar-refractivity contribution in [3.8, 4) is 0 Å². The lowest BCUT2D eigenvalue weighted by atomic mass is 10.1. The van der Waals surface area contributed by atoms with Crippen LogP contribution < -0.4 is 11.1 Å². The van der Waals surface area contributed by atoms with Crippen LogP contribution in [0.2, 0.25) is 0 Å². The molecule has 1 atom stereocenters. The monoisotopic (exact) mass is 242 g/mol. The third kappa shape index (κ3) is 5.39. The molecule has 0 unspecified atom stereocenters. The molecule has 0 radical (unpaired) electrons. The molecule has 0 bridgehead atoms. The molecule has 0 saturated heterocycles. The first-order chi connectivity index (χ1) is 7.93. The number of nitrogens with two attached hydrogens (primary N) is 1. The second-order valence-corrected chi connectivity index (χ2v) is 4.38. The van der Waals surface area contributed by atoms with E-state index in [1.807, 2.05) is 0 Å². The van der Waals surface area contributed by atoms with Crippen molar-refractivity contribution in [3.05, 3.63) is 0 Å². The predicted molar refractivity (Wildman–Crippen MR) is 60.3 cm³/mol. The number of amides is 1. The van der Waals surface area contributed by atoms with Crippen molar-refractivity contribution in [3.63, 3.8) is 0 Å². The van der Waals surface area contributed by atoms with Crippen molar-refractivity contribution in [2.75, 3.05) is 6.54 Å². The van der Waals surface area contributed by atoms with Gasteiger partial charge in [0.25, 0.3) is 0 Å². The van der Waals surface area contributed by atoms with Gasteiger partial charge in [-0.15, -0.1) is 0 Å². The number of nitrogens with one attached hydrogen (secondary N) is 1. The summed E-state index contributed by atoms with van der Waals surface area (Å²) in [7, 11) is 0. The molecule has 17 heavy (non-hydrogen) atoms.